The molecule has 0 heterocycles. The summed E-state index contributed by atoms with van der Waals surface area (Å²) in [5, 5.41) is 0. The van der Waals surface area contributed by atoms with E-state index in [4.69, 9.17) is 10.5 Å². The van der Waals surface area contributed by atoms with E-state index in [1.807, 2.05) is 31.2 Å². The third-order valence-electron chi connectivity index (χ3n) is 1.89. The number of ether oxygens (including phenoxy) is 1. The van der Waals surface area contributed by atoms with Gasteiger partial charge in [0.05, 0.1) is 6.61 Å². The highest BCUT2D eigenvalue weighted by Crippen LogP contribution is 2.12. The van der Waals surface area contributed by atoms with Crippen LogP contribution in [0.5, 0.6) is 5.75 Å². The van der Waals surface area contributed by atoms with Crippen molar-refractivity contribution < 1.29 is 9.53 Å². The molecule has 1 rings (SSSR count). The molecule has 1 aromatic rings. The first-order chi connectivity index (χ1) is 6.72. The number of aryl methyl sites for hydroxylation is 1. The summed E-state index contributed by atoms with van der Waals surface area (Å²) >= 11 is 0. The molecule has 0 saturated carbocycles. The second-order valence-electron chi connectivity index (χ2n) is 3.04. The molecule has 1 amide bonds. The van der Waals surface area contributed by atoms with Crippen LogP contribution < -0.4 is 10.5 Å². The molecule has 0 radical (unpaired) electrons. The van der Waals surface area contributed by atoms with Crippen molar-refractivity contribution in [2.75, 3.05) is 6.61 Å². The maximum atomic E-state index is 10.5. The fraction of sp³-hybridized carbons (Fsp3) is 0.364. The Kier molecular flexibility index (Phi) is 3.98. The van der Waals surface area contributed by atoms with Gasteiger partial charge in [-0.1, -0.05) is 12.1 Å². The Morgan fingerprint density at radius 3 is 2.50 bits per heavy atom. The fourth-order valence-corrected chi connectivity index (χ4v) is 1.19. The van der Waals surface area contributed by atoms with Crippen molar-refractivity contribution in [3.8, 4) is 5.75 Å². The molecule has 0 aromatic heterocycles. The van der Waals surface area contributed by atoms with Crippen molar-refractivity contribution in [1.82, 2.24) is 0 Å². The highest BCUT2D eigenvalue weighted by atomic mass is 16.5. The van der Waals surface area contributed by atoms with Crippen molar-refractivity contribution in [2.45, 2.75) is 19.8 Å². The van der Waals surface area contributed by atoms with E-state index in [2.05, 4.69) is 0 Å². The quantitative estimate of drug-likeness (QED) is 0.770. The van der Waals surface area contributed by atoms with Gasteiger partial charge < -0.3 is 10.5 Å². The first-order valence-corrected chi connectivity index (χ1v) is 4.72. The number of primary amides is 1. The van der Waals surface area contributed by atoms with Gasteiger partial charge in [-0.25, -0.2) is 0 Å². The van der Waals surface area contributed by atoms with Gasteiger partial charge in [0.1, 0.15) is 5.75 Å². The lowest BCUT2D eigenvalue weighted by atomic mass is 10.1. The van der Waals surface area contributed by atoms with E-state index in [0.29, 0.717) is 19.4 Å². The number of carbonyl (C=O) groups is 1. The molecule has 0 aliphatic rings. The molecule has 0 aliphatic heterocycles. The molecule has 0 unspecified atom stereocenters. The minimum absolute atomic E-state index is 0.265. The first kappa shape index (κ1) is 10.6. The SMILES string of the molecule is CCOc1ccc(CCC(N)=O)cc1. The van der Waals surface area contributed by atoms with E-state index in [1.54, 1.807) is 0 Å². The van der Waals surface area contributed by atoms with Gasteiger partial charge in [-0.05, 0) is 31.0 Å². The number of carbonyl (C=O) groups excluding carboxylic acids is 1. The summed E-state index contributed by atoms with van der Waals surface area (Å²) in [5.41, 5.74) is 6.16. The second-order valence-corrected chi connectivity index (χ2v) is 3.04. The topological polar surface area (TPSA) is 52.3 Å². The van der Waals surface area contributed by atoms with Crippen LogP contribution in [0.4, 0.5) is 0 Å². The van der Waals surface area contributed by atoms with E-state index >= 15 is 0 Å². The summed E-state index contributed by atoms with van der Waals surface area (Å²) in [4.78, 5) is 10.5. The molecule has 0 fully saturated rings. The Balaban J connectivity index is 2.50. The molecular formula is C11H15NO2. The number of hydrogen-bond donors (Lipinski definition) is 1. The Bertz CT molecular complexity index is 293. The summed E-state index contributed by atoms with van der Waals surface area (Å²) in [7, 11) is 0. The molecule has 14 heavy (non-hydrogen) atoms. The van der Waals surface area contributed by atoms with Gasteiger partial charge in [-0.3, -0.25) is 4.79 Å². The molecule has 76 valence electrons. The second kappa shape index (κ2) is 5.27. The molecule has 0 spiro atoms. The third kappa shape index (κ3) is 3.47. The molecule has 2 N–H and O–H groups in total. The Morgan fingerprint density at radius 2 is 2.00 bits per heavy atom. The van der Waals surface area contributed by atoms with Crippen molar-refractivity contribution in [2.24, 2.45) is 5.73 Å². The van der Waals surface area contributed by atoms with Crippen LogP contribution in [0.15, 0.2) is 24.3 Å². The fourth-order valence-electron chi connectivity index (χ4n) is 1.19. The maximum Gasteiger partial charge on any atom is 0.217 e. The van der Waals surface area contributed by atoms with Crippen LogP contribution in [0, 0.1) is 0 Å². The lowest BCUT2D eigenvalue weighted by Crippen LogP contribution is -2.11. The standard InChI is InChI=1S/C11H15NO2/c1-2-14-10-6-3-9(4-7-10)5-8-11(12)13/h3-4,6-7H,2,5,8H2,1H3,(H2,12,13). The van der Waals surface area contributed by atoms with E-state index in [1.165, 1.54) is 0 Å². The maximum absolute atomic E-state index is 10.5. The van der Waals surface area contributed by atoms with Crippen LogP contribution in [-0.4, -0.2) is 12.5 Å². The molecule has 0 aliphatic carbocycles. The molecule has 0 saturated heterocycles. The van der Waals surface area contributed by atoms with Crippen LogP contribution in [0.1, 0.15) is 18.9 Å². The predicted octanol–water partition coefficient (Wildman–Crippen LogP) is 1.50. The molecular weight excluding hydrogens is 178 g/mol. The monoisotopic (exact) mass is 193 g/mol. The highest BCUT2D eigenvalue weighted by Gasteiger charge is 1.97. The van der Waals surface area contributed by atoms with Gasteiger partial charge in [0.25, 0.3) is 0 Å². The van der Waals surface area contributed by atoms with Crippen LogP contribution >= 0.6 is 0 Å². The average Bonchev–Trinajstić information content (AvgIpc) is 2.17. The Labute approximate surface area is 83.9 Å². The number of hydrogen-bond acceptors (Lipinski definition) is 2. The minimum Gasteiger partial charge on any atom is -0.494 e. The van der Waals surface area contributed by atoms with Crippen molar-refractivity contribution in [3.05, 3.63) is 29.8 Å². The van der Waals surface area contributed by atoms with Gasteiger partial charge in [-0.2, -0.15) is 0 Å². The Morgan fingerprint density at radius 1 is 1.36 bits per heavy atom. The van der Waals surface area contributed by atoms with Crippen molar-refractivity contribution >= 4 is 5.91 Å². The third-order valence-corrected chi connectivity index (χ3v) is 1.89. The molecule has 3 heteroatoms. The zero-order chi connectivity index (χ0) is 10.4. The summed E-state index contributed by atoms with van der Waals surface area (Å²) in [5.74, 6) is 0.592. The van der Waals surface area contributed by atoms with Gasteiger partial charge >= 0.3 is 0 Å². The zero-order valence-electron chi connectivity index (χ0n) is 8.32. The normalized spacial score (nSPS) is 9.79. The molecule has 0 bridgehead atoms. The van der Waals surface area contributed by atoms with E-state index < -0.39 is 0 Å². The van der Waals surface area contributed by atoms with Gasteiger partial charge in [-0.15, -0.1) is 0 Å². The Hall–Kier alpha value is -1.51. The van der Waals surface area contributed by atoms with Crippen LogP contribution in [0.25, 0.3) is 0 Å². The van der Waals surface area contributed by atoms with Crippen LogP contribution in [0.2, 0.25) is 0 Å². The summed E-state index contributed by atoms with van der Waals surface area (Å²) in [6, 6.07) is 7.71. The molecule has 3 nitrogen and oxygen atoms in total. The van der Waals surface area contributed by atoms with Crippen molar-refractivity contribution in [1.29, 1.82) is 0 Å². The largest absolute Gasteiger partial charge is 0.494 e. The lowest BCUT2D eigenvalue weighted by molar-refractivity contribution is -0.117. The molecule has 0 atom stereocenters. The van der Waals surface area contributed by atoms with E-state index in [0.717, 1.165) is 11.3 Å². The number of nitrogens with two attached hydrogens (primary N) is 1. The first-order valence-electron chi connectivity index (χ1n) is 4.72. The van der Waals surface area contributed by atoms with E-state index in [-0.39, 0.29) is 5.91 Å². The number of benzene rings is 1. The summed E-state index contributed by atoms with van der Waals surface area (Å²) < 4.78 is 5.29. The predicted molar refractivity (Wildman–Crippen MR) is 55.1 cm³/mol. The smallest absolute Gasteiger partial charge is 0.217 e. The average molecular weight is 193 g/mol. The lowest BCUT2D eigenvalue weighted by Gasteiger charge is -2.03. The summed E-state index contributed by atoms with van der Waals surface area (Å²) in [6.45, 7) is 2.61. The van der Waals surface area contributed by atoms with Crippen LogP contribution in [-0.2, 0) is 11.2 Å². The molecule has 1 aromatic carbocycles. The highest BCUT2D eigenvalue weighted by molar-refractivity contribution is 5.73. The van der Waals surface area contributed by atoms with Gasteiger partial charge in [0.15, 0.2) is 0 Å². The summed E-state index contributed by atoms with van der Waals surface area (Å²) in [6.07, 6.45) is 1.09. The number of amides is 1. The van der Waals surface area contributed by atoms with E-state index in [9.17, 15) is 4.79 Å². The van der Waals surface area contributed by atoms with Crippen molar-refractivity contribution in [3.63, 3.8) is 0 Å². The minimum atomic E-state index is -0.265. The number of rotatable bonds is 5. The van der Waals surface area contributed by atoms with Crippen LogP contribution in [0.3, 0.4) is 0 Å². The van der Waals surface area contributed by atoms with Gasteiger partial charge in [0, 0.05) is 6.42 Å². The zero-order valence-corrected chi connectivity index (χ0v) is 8.32. The van der Waals surface area contributed by atoms with Gasteiger partial charge in [0.2, 0.25) is 5.91 Å².